The van der Waals surface area contributed by atoms with E-state index in [1.165, 1.54) is 12.0 Å². The SMILES string of the molecule is Cn1nc(C(=O)N2C[C@@H](c3ccccc3)C3(CCC3)C2)[nH]c1=O. The molecule has 0 radical (unpaired) electrons. The number of hydrogen-bond donors (Lipinski definition) is 1. The molecule has 23 heavy (non-hydrogen) atoms. The van der Waals surface area contributed by atoms with Crippen LogP contribution in [0.15, 0.2) is 35.1 Å². The van der Waals surface area contributed by atoms with Gasteiger partial charge in [0.15, 0.2) is 0 Å². The van der Waals surface area contributed by atoms with Crippen molar-refractivity contribution in [2.75, 3.05) is 13.1 Å². The number of H-pyrrole nitrogens is 1. The van der Waals surface area contributed by atoms with Crippen LogP contribution in [0.3, 0.4) is 0 Å². The Kier molecular flexibility index (Phi) is 3.14. The number of carbonyl (C=O) groups is 1. The number of rotatable bonds is 2. The van der Waals surface area contributed by atoms with Crippen LogP contribution in [-0.4, -0.2) is 38.7 Å². The molecule has 0 bridgehead atoms. The van der Waals surface area contributed by atoms with Crippen molar-refractivity contribution in [1.29, 1.82) is 0 Å². The minimum Gasteiger partial charge on any atom is -0.335 e. The van der Waals surface area contributed by atoms with Gasteiger partial charge in [-0.1, -0.05) is 36.8 Å². The van der Waals surface area contributed by atoms with Gasteiger partial charge in [-0.15, -0.1) is 5.10 Å². The van der Waals surface area contributed by atoms with Crippen molar-refractivity contribution in [3.05, 3.63) is 52.2 Å². The molecule has 2 aliphatic rings. The number of aromatic amines is 1. The molecule has 2 fully saturated rings. The maximum atomic E-state index is 12.7. The first kappa shape index (κ1) is 14.2. The van der Waals surface area contributed by atoms with Crippen molar-refractivity contribution >= 4 is 5.91 Å². The van der Waals surface area contributed by atoms with Gasteiger partial charge in [-0.05, 0) is 23.8 Å². The molecule has 1 aromatic heterocycles. The molecular weight excluding hydrogens is 292 g/mol. The predicted octanol–water partition coefficient (Wildman–Crippen LogP) is 1.52. The van der Waals surface area contributed by atoms with Gasteiger partial charge in [0.05, 0.1) is 0 Å². The summed E-state index contributed by atoms with van der Waals surface area (Å²) in [6, 6.07) is 10.4. The van der Waals surface area contributed by atoms with Crippen LogP contribution in [0.25, 0.3) is 0 Å². The standard InChI is InChI=1S/C17H20N4O2/c1-20-16(23)18-14(19-20)15(22)21-10-13(12-6-3-2-4-7-12)17(11-21)8-5-9-17/h2-4,6-7,13H,5,8-11H2,1H3,(H,18,19,23)/t13-/m0/s1. The van der Waals surface area contributed by atoms with Crippen molar-refractivity contribution in [1.82, 2.24) is 19.7 Å². The molecule has 120 valence electrons. The molecule has 1 aliphatic heterocycles. The van der Waals surface area contributed by atoms with Crippen LogP contribution >= 0.6 is 0 Å². The fourth-order valence-corrected chi connectivity index (χ4v) is 4.05. The molecule has 1 spiro atoms. The van der Waals surface area contributed by atoms with Gasteiger partial charge >= 0.3 is 5.69 Å². The molecule has 1 amide bonds. The Labute approximate surface area is 134 Å². The molecule has 6 heteroatoms. The van der Waals surface area contributed by atoms with E-state index in [9.17, 15) is 9.59 Å². The van der Waals surface area contributed by atoms with Crippen molar-refractivity contribution in [3.63, 3.8) is 0 Å². The molecule has 1 aromatic carbocycles. The minimum atomic E-state index is -0.356. The smallest absolute Gasteiger partial charge is 0.335 e. The molecule has 1 saturated heterocycles. The number of aryl methyl sites for hydroxylation is 1. The first-order chi connectivity index (χ1) is 11.1. The van der Waals surface area contributed by atoms with E-state index in [4.69, 9.17) is 0 Å². The van der Waals surface area contributed by atoms with Gasteiger partial charge in [0, 0.05) is 26.1 Å². The fourth-order valence-electron chi connectivity index (χ4n) is 4.05. The molecule has 6 nitrogen and oxygen atoms in total. The first-order valence-electron chi connectivity index (χ1n) is 8.07. The van der Waals surface area contributed by atoms with Crippen molar-refractivity contribution in [2.45, 2.75) is 25.2 Å². The topological polar surface area (TPSA) is 71.0 Å². The largest absolute Gasteiger partial charge is 0.343 e. The zero-order valence-electron chi connectivity index (χ0n) is 13.2. The highest BCUT2D eigenvalue weighted by atomic mass is 16.2. The van der Waals surface area contributed by atoms with Crippen LogP contribution in [0.2, 0.25) is 0 Å². The van der Waals surface area contributed by atoms with E-state index in [-0.39, 0.29) is 22.8 Å². The summed E-state index contributed by atoms with van der Waals surface area (Å²) in [7, 11) is 1.54. The van der Waals surface area contributed by atoms with Crippen molar-refractivity contribution in [3.8, 4) is 0 Å². The number of likely N-dealkylation sites (tertiary alicyclic amines) is 1. The van der Waals surface area contributed by atoms with Gasteiger partial charge in [0.1, 0.15) is 0 Å². The summed E-state index contributed by atoms with van der Waals surface area (Å²) in [5.74, 6) is 0.338. The van der Waals surface area contributed by atoms with E-state index >= 15 is 0 Å². The maximum Gasteiger partial charge on any atom is 0.343 e. The lowest BCUT2D eigenvalue weighted by Gasteiger charge is -2.43. The second-order valence-corrected chi connectivity index (χ2v) is 6.77. The number of nitrogens with one attached hydrogen (secondary N) is 1. The van der Waals surface area contributed by atoms with E-state index < -0.39 is 0 Å². The predicted molar refractivity (Wildman–Crippen MR) is 85.2 cm³/mol. The molecule has 4 rings (SSSR count). The second kappa shape index (κ2) is 5.08. The Morgan fingerprint density at radius 1 is 1.30 bits per heavy atom. The molecule has 1 saturated carbocycles. The monoisotopic (exact) mass is 312 g/mol. The van der Waals surface area contributed by atoms with Crippen LogP contribution in [-0.2, 0) is 7.05 Å². The Balaban J connectivity index is 1.62. The van der Waals surface area contributed by atoms with Gasteiger partial charge in [-0.2, -0.15) is 0 Å². The normalized spacial score (nSPS) is 22.3. The average molecular weight is 312 g/mol. The lowest BCUT2D eigenvalue weighted by Crippen LogP contribution is -2.38. The van der Waals surface area contributed by atoms with E-state index in [0.29, 0.717) is 12.5 Å². The Bertz CT molecular complexity index is 788. The number of amides is 1. The third-order valence-corrected chi connectivity index (χ3v) is 5.46. The molecule has 2 aromatic rings. The van der Waals surface area contributed by atoms with Gasteiger partial charge in [-0.3, -0.25) is 9.78 Å². The van der Waals surface area contributed by atoms with Crippen LogP contribution < -0.4 is 5.69 Å². The highest BCUT2D eigenvalue weighted by molar-refractivity contribution is 5.90. The second-order valence-electron chi connectivity index (χ2n) is 6.77. The first-order valence-corrected chi connectivity index (χ1v) is 8.07. The molecule has 0 unspecified atom stereocenters. The highest BCUT2D eigenvalue weighted by Crippen LogP contribution is 2.55. The Morgan fingerprint density at radius 3 is 2.61 bits per heavy atom. The highest BCUT2D eigenvalue weighted by Gasteiger charge is 2.52. The summed E-state index contributed by atoms with van der Waals surface area (Å²) >= 11 is 0. The fraction of sp³-hybridized carbons (Fsp3) is 0.471. The van der Waals surface area contributed by atoms with E-state index in [1.54, 1.807) is 7.05 Å². The molecule has 1 N–H and O–H groups in total. The number of nitrogens with zero attached hydrogens (tertiary/aromatic N) is 3. The minimum absolute atomic E-state index is 0.140. The summed E-state index contributed by atoms with van der Waals surface area (Å²) in [6.07, 6.45) is 3.55. The maximum absolute atomic E-state index is 12.7. The van der Waals surface area contributed by atoms with E-state index in [2.05, 4.69) is 34.3 Å². The van der Waals surface area contributed by atoms with Crippen LogP contribution in [0.1, 0.15) is 41.4 Å². The third-order valence-electron chi connectivity index (χ3n) is 5.46. The molecule has 1 aliphatic carbocycles. The zero-order chi connectivity index (χ0) is 16.0. The summed E-state index contributed by atoms with van der Waals surface area (Å²) in [4.78, 5) is 28.6. The van der Waals surface area contributed by atoms with Crippen LogP contribution in [0.5, 0.6) is 0 Å². The average Bonchev–Trinajstić information content (AvgIpc) is 3.09. The summed E-state index contributed by atoms with van der Waals surface area (Å²) in [5, 5.41) is 4.00. The lowest BCUT2D eigenvalue weighted by atomic mass is 9.61. The van der Waals surface area contributed by atoms with Crippen LogP contribution in [0, 0.1) is 5.41 Å². The zero-order valence-corrected chi connectivity index (χ0v) is 13.2. The lowest BCUT2D eigenvalue weighted by molar-refractivity contribution is 0.0714. The number of carbonyl (C=O) groups excluding carboxylic acids is 1. The van der Waals surface area contributed by atoms with E-state index in [1.807, 2.05) is 11.0 Å². The third kappa shape index (κ3) is 2.20. The summed E-state index contributed by atoms with van der Waals surface area (Å²) in [6.45, 7) is 1.45. The van der Waals surface area contributed by atoms with Crippen molar-refractivity contribution < 1.29 is 4.79 Å². The molecule has 2 heterocycles. The quantitative estimate of drug-likeness (QED) is 0.914. The molecular formula is C17H20N4O2. The number of hydrogen-bond acceptors (Lipinski definition) is 3. The number of aromatic nitrogens is 3. The molecule has 1 atom stereocenters. The van der Waals surface area contributed by atoms with E-state index in [0.717, 1.165) is 24.1 Å². The Hall–Kier alpha value is -2.37. The van der Waals surface area contributed by atoms with Gasteiger partial charge in [0.2, 0.25) is 5.82 Å². The summed E-state index contributed by atoms with van der Waals surface area (Å²) in [5.41, 5.74) is 1.15. The van der Waals surface area contributed by atoms with Gasteiger partial charge in [0.25, 0.3) is 5.91 Å². The van der Waals surface area contributed by atoms with Gasteiger partial charge < -0.3 is 4.90 Å². The van der Waals surface area contributed by atoms with Crippen LogP contribution in [0.4, 0.5) is 0 Å². The van der Waals surface area contributed by atoms with Crippen molar-refractivity contribution in [2.24, 2.45) is 12.5 Å². The summed E-state index contributed by atoms with van der Waals surface area (Å²) < 4.78 is 1.16. The Morgan fingerprint density at radius 2 is 2.04 bits per heavy atom. The number of benzene rings is 1. The van der Waals surface area contributed by atoms with Gasteiger partial charge in [-0.25, -0.2) is 9.48 Å².